The fraction of sp³-hybridized carbons (Fsp3) is 0.316. The first-order valence-electron chi connectivity index (χ1n) is 8.42. The van der Waals surface area contributed by atoms with Gasteiger partial charge in [-0.25, -0.2) is 8.42 Å². The minimum atomic E-state index is -3.89. The van der Waals surface area contributed by atoms with E-state index < -0.39 is 15.6 Å². The Morgan fingerprint density at radius 2 is 1.93 bits per heavy atom. The number of hydrogen-bond acceptors (Lipinski definition) is 5. The lowest BCUT2D eigenvalue weighted by molar-refractivity contribution is -0.117. The molecule has 8 heteroatoms. The number of amides is 1. The zero-order valence-corrected chi connectivity index (χ0v) is 16.4. The van der Waals surface area contributed by atoms with Crippen LogP contribution in [0.3, 0.4) is 0 Å². The van der Waals surface area contributed by atoms with Crippen molar-refractivity contribution in [1.29, 1.82) is 0 Å². The summed E-state index contributed by atoms with van der Waals surface area (Å²) in [7, 11) is -3.89. The number of sulfonamides is 1. The first kappa shape index (κ1) is 19.0. The standard InChI is InChI=1S/C19H22N2O5S/c1-12-9-14(23)5-7-16(12)20-27(24,25)15-6-8-18-17(10-15)21(13(2)22)11-19(3,4)26-18/h5-10,20,23H,11H2,1-4H3. The number of carbonyl (C=O) groups excluding carboxylic acids is 1. The summed E-state index contributed by atoms with van der Waals surface area (Å²) in [5.41, 5.74) is 0.811. The molecule has 0 atom stereocenters. The van der Waals surface area contributed by atoms with Crippen molar-refractivity contribution in [2.75, 3.05) is 16.2 Å². The molecule has 7 nitrogen and oxygen atoms in total. The van der Waals surface area contributed by atoms with Crippen LogP contribution in [0.5, 0.6) is 11.5 Å². The number of phenols is 1. The number of nitrogens with zero attached hydrogens (tertiary/aromatic N) is 1. The number of carbonyl (C=O) groups is 1. The average molecular weight is 390 g/mol. The topological polar surface area (TPSA) is 95.9 Å². The summed E-state index contributed by atoms with van der Waals surface area (Å²) in [6.45, 7) is 7.18. The van der Waals surface area contributed by atoms with E-state index in [0.29, 0.717) is 29.2 Å². The van der Waals surface area contributed by atoms with Crippen LogP contribution in [0.1, 0.15) is 26.3 Å². The van der Waals surface area contributed by atoms with Gasteiger partial charge in [-0.3, -0.25) is 9.52 Å². The number of ether oxygens (including phenoxy) is 1. The molecule has 3 rings (SSSR count). The highest BCUT2D eigenvalue weighted by Crippen LogP contribution is 2.39. The van der Waals surface area contributed by atoms with Gasteiger partial charge in [0.05, 0.1) is 22.8 Å². The summed E-state index contributed by atoms with van der Waals surface area (Å²) >= 11 is 0. The number of aryl methyl sites for hydroxylation is 1. The van der Waals surface area contributed by atoms with E-state index in [2.05, 4.69) is 4.72 Å². The van der Waals surface area contributed by atoms with Crippen molar-refractivity contribution in [3.05, 3.63) is 42.0 Å². The Kier molecular flexibility index (Phi) is 4.55. The van der Waals surface area contributed by atoms with Gasteiger partial charge in [0.2, 0.25) is 5.91 Å². The molecule has 0 radical (unpaired) electrons. The van der Waals surface area contributed by atoms with Gasteiger partial charge in [0.1, 0.15) is 17.1 Å². The van der Waals surface area contributed by atoms with Gasteiger partial charge < -0.3 is 14.7 Å². The minimum Gasteiger partial charge on any atom is -0.508 e. The Morgan fingerprint density at radius 1 is 1.22 bits per heavy atom. The molecule has 0 bridgehead atoms. The molecule has 2 aromatic rings. The SMILES string of the molecule is CC(=O)N1CC(C)(C)Oc2ccc(S(=O)(=O)Nc3ccc(O)cc3C)cc21. The Bertz CT molecular complexity index is 1010. The lowest BCUT2D eigenvalue weighted by Crippen LogP contribution is -2.48. The molecular weight excluding hydrogens is 368 g/mol. The van der Waals surface area contributed by atoms with E-state index in [9.17, 15) is 18.3 Å². The minimum absolute atomic E-state index is 0.0169. The number of anilines is 2. The molecule has 144 valence electrons. The molecule has 0 aromatic heterocycles. The number of aromatic hydroxyl groups is 1. The molecule has 2 N–H and O–H groups in total. The first-order chi connectivity index (χ1) is 12.5. The zero-order valence-electron chi connectivity index (χ0n) is 15.6. The monoisotopic (exact) mass is 390 g/mol. The molecule has 2 aromatic carbocycles. The van der Waals surface area contributed by atoms with Crippen LogP contribution in [0.4, 0.5) is 11.4 Å². The van der Waals surface area contributed by atoms with E-state index in [0.717, 1.165) is 0 Å². The van der Waals surface area contributed by atoms with Crippen molar-refractivity contribution in [3.8, 4) is 11.5 Å². The molecular formula is C19H22N2O5S. The van der Waals surface area contributed by atoms with Crippen molar-refractivity contribution in [2.45, 2.75) is 38.2 Å². The van der Waals surface area contributed by atoms with Crippen LogP contribution in [0.2, 0.25) is 0 Å². The molecule has 0 unspecified atom stereocenters. The summed E-state index contributed by atoms with van der Waals surface area (Å²) in [6.07, 6.45) is 0. The average Bonchev–Trinajstić information content (AvgIpc) is 2.55. The zero-order chi connectivity index (χ0) is 20.0. The highest BCUT2D eigenvalue weighted by atomic mass is 32.2. The number of fused-ring (bicyclic) bond motifs is 1. The molecule has 1 heterocycles. The number of rotatable bonds is 3. The Labute approximate surface area is 158 Å². The fourth-order valence-corrected chi connectivity index (χ4v) is 4.15. The first-order valence-corrected chi connectivity index (χ1v) is 9.90. The van der Waals surface area contributed by atoms with Gasteiger partial charge in [-0.05, 0) is 62.7 Å². The molecule has 27 heavy (non-hydrogen) atoms. The third-order valence-corrected chi connectivity index (χ3v) is 5.65. The predicted octanol–water partition coefficient (Wildman–Crippen LogP) is 3.03. The molecule has 1 amide bonds. The summed E-state index contributed by atoms with van der Waals surface area (Å²) in [5, 5.41) is 9.48. The van der Waals surface area contributed by atoms with Crippen LogP contribution in [0.15, 0.2) is 41.3 Å². The quantitative estimate of drug-likeness (QED) is 0.786. The number of benzene rings is 2. The largest absolute Gasteiger partial charge is 0.508 e. The number of hydrogen-bond donors (Lipinski definition) is 2. The van der Waals surface area contributed by atoms with E-state index in [1.807, 2.05) is 13.8 Å². The third-order valence-electron chi connectivity index (χ3n) is 4.29. The molecule has 0 spiro atoms. The predicted molar refractivity (Wildman–Crippen MR) is 103 cm³/mol. The molecule has 1 aliphatic heterocycles. The maximum atomic E-state index is 12.8. The normalized spacial score (nSPS) is 15.6. The van der Waals surface area contributed by atoms with Crippen LogP contribution < -0.4 is 14.4 Å². The molecule has 1 aliphatic rings. The Hall–Kier alpha value is -2.74. The highest BCUT2D eigenvalue weighted by Gasteiger charge is 2.34. The van der Waals surface area contributed by atoms with E-state index in [1.54, 1.807) is 13.0 Å². The number of phenolic OH excluding ortho intramolecular Hbond substituents is 1. The van der Waals surface area contributed by atoms with E-state index >= 15 is 0 Å². The second-order valence-electron chi connectivity index (χ2n) is 7.20. The molecule has 0 saturated carbocycles. The van der Waals surface area contributed by atoms with Crippen LogP contribution in [0, 0.1) is 6.92 Å². The summed E-state index contributed by atoms with van der Waals surface area (Å²) in [4.78, 5) is 13.6. The van der Waals surface area contributed by atoms with Gasteiger partial charge in [0, 0.05) is 6.92 Å². The van der Waals surface area contributed by atoms with Crippen molar-refractivity contribution < 1.29 is 23.1 Å². The number of nitrogens with one attached hydrogen (secondary N) is 1. The second kappa shape index (κ2) is 6.45. The van der Waals surface area contributed by atoms with E-state index in [-0.39, 0.29) is 16.6 Å². The van der Waals surface area contributed by atoms with Crippen molar-refractivity contribution in [2.24, 2.45) is 0 Å². The van der Waals surface area contributed by atoms with Gasteiger partial charge in [-0.2, -0.15) is 0 Å². The van der Waals surface area contributed by atoms with Crippen LogP contribution in [-0.4, -0.2) is 31.6 Å². The van der Waals surface area contributed by atoms with Crippen LogP contribution >= 0.6 is 0 Å². The van der Waals surface area contributed by atoms with Gasteiger partial charge in [-0.15, -0.1) is 0 Å². The molecule has 0 saturated heterocycles. The van der Waals surface area contributed by atoms with Crippen molar-refractivity contribution >= 4 is 27.3 Å². The van der Waals surface area contributed by atoms with Crippen LogP contribution in [-0.2, 0) is 14.8 Å². The van der Waals surface area contributed by atoms with Crippen molar-refractivity contribution in [1.82, 2.24) is 0 Å². The summed E-state index contributed by atoms with van der Waals surface area (Å²) < 4.78 is 34.0. The third kappa shape index (κ3) is 3.85. The highest BCUT2D eigenvalue weighted by molar-refractivity contribution is 7.92. The maximum absolute atomic E-state index is 12.8. The van der Waals surface area contributed by atoms with Gasteiger partial charge in [-0.1, -0.05) is 0 Å². The van der Waals surface area contributed by atoms with Gasteiger partial charge in [0.25, 0.3) is 10.0 Å². The van der Waals surface area contributed by atoms with Gasteiger partial charge in [0.15, 0.2) is 0 Å². The van der Waals surface area contributed by atoms with Crippen LogP contribution in [0.25, 0.3) is 0 Å². The lowest BCUT2D eigenvalue weighted by Gasteiger charge is -2.39. The van der Waals surface area contributed by atoms with E-state index in [4.69, 9.17) is 4.74 Å². The lowest BCUT2D eigenvalue weighted by atomic mass is 10.1. The Balaban J connectivity index is 2.00. The Morgan fingerprint density at radius 3 is 2.56 bits per heavy atom. The maximum Gasteiger partial charge on any atom is 0.261 e. The smallest absolute Gasteiger partial charge is 0.261 e. The molecule has 0 fully saturated rings. The fourth-order valence-electron chi connectivity index (χ4n) is 3.00. The van der Waals surface area contributed by atoms with E-state index in [1.165, 1.54) is 42.2 Å². The second-order valence-corrected chi connectivity index (χ2v) is 8.88. The van der Waals surface area contributed by atoms with Gasteiger partial charge >= 0.3 is 0 Å². The molecule has 0 aliphatic carbocycles. The summed E-state index contributed by atoms with van der Waals surface area (Å²) in [5.74, 6) is 0.326. The van der Waals surface area contributed by atoms with Crippen molar-refractivity contribution in [3.63, 3.8) is 0 Å². The summed E-state index contributed by atoms with van der Waals surface area (Å²) in [6, 6.07) is 8.81.